The smallest absolute Gasteiger partial charge is 0.193 e. The van der Waals surface area contributed by atoms with Crippen LogP contribution >= 0.6 is 23.8 Å². The molecule has 0 saturated heterocycles. The van der Waals surface area contributed by atoms with Gasteiger partial charge >= 0.3 is 0 Å². The minimum atomic E-state index is -0.441. The van der Waals surface area contributed by atoms with E-state index in [1.165, 1.54) is 0 Å². The lowest BCUT2D eigenvalue weighted by Crippen LogP contribution is -2.45. The molecular formula is C25H21ClN2O2S. The summed E-state index contributed by atoms with van der Waals surface area (Å²) in [6, 6.07) is 24.0. The van der Waals surface area contributed by atoms with Crippen molar-refractivity contribution in [3.63, 3.8) is 0 Å². The molecule has 0 aromatic heterocycles. The van der Waals surface area contributed by atoms with Crippen LogP contribution in [0.3, 0.4) is 0 Å². The number of benzene rings is 3. The summed E-state index contributed by atoms with van der Waals surface area (Å²) in [6.07, 6.45) is 0. The summed E-state index contributed by atoms with van der Waals surface area (Å²) in [4.78, 5) is 13.4. The van der Waals surface area contributed by atoms with Gasteiger partial charge in [0.05, 0.1) is 6.04 Å². The third-order valence-electron chi connectivity index (χ3n) is 5.12. The molecule has 0 saturated carbocycles. The Labute approximate surface area is 191 Å². The van der Waals surface area contributed by atoms with Gasteiger partial charge in [0.25, 0.3) is 0 Å². The first-order valence-electron chi connectivity index (χ1n) is 9.87. The van der Waals surface area contributed by atoms with E-state index < -0.39 is 6.04 Å². The fourth-order valence-electron chi connectivity index (χ4n) is 3.59. The van der Waals surface area contributed by atoms with Crippen LogP contribution in [-0.4, -0.2) is 10.9 Å². The number of hydrogen-bond donors (Lipinski definition) is 2. The molecule has 0 spiro atoms. The van der Waals surface area contributed by atoms with Crippen LogP contribution in [0.25, 0.3) is 0 Å². The fraction of sp³-hybridized carbons (Fsp3) is 0.120. The van der Waals surface area contributed by atoms with Crippen molar-refractivity contribution in [2.45, 2.75) is 19.6 Å². The fourth-order valence-corrected chi connectivity index (χ4v) is 4.06. The predicted molar refractivity (Wildman–Crippen MR) is 127 cm³/mol. The Morgan fingerprint density at radius 3 is 2.45 bits per heavy atom. The average molecular weight is 449 g/mol. The molecule has 0 fully saturated rings. The maximum atomic E-state index is 13.4. The summed E-state index contributed by atoms with van der Waals surface area (Å²) >= 11 is 11.7. The Hall–Kier alpha value is -3.15. The van der Waals surface area contributed by atoms with E-state index in [4.69, 9.17) is 28.6 Å². The number of rotatable bonds is 6. The summed E-state index contributed by atoms with van der Waals surface area (Å²) in [7, 11) is 0. The molecule has 1 aliphatic rings. The number of halogens is 1. The monoisotopic (exact) mass is 448 g/mol. The third-order valence-corrected chi connectivity index (χ3v) is 5.71. The number of para-hydroxylation sites is 1. The number of nitrogens with one attached hydrogen (secondary N) is 2. The van der Waals surface area contributed by atoms with Crippen LogP contribution in [0.4, 0.5) is 0 Å². The zero-order valence-electron chi connectivity index (χ0n) is 16.9. The van der Waals surface area contributed by atoms with Gasteiger partial charge in [0.2, 0.25) is 0 Å². The highest BCUT2D eigenvalue weighted by molar-refractivity contribution is 7.80. The maximum absolute atomic E-state index is 13.4. The third kappa shape index (κ3) is 4.63. The molecular weight excluding hydrogens is 428 g/mol. The Balaban J connectivity index is 1.70. The summed E-state index contributed by atoms with van der Waals surface area (Å²) in [5.41, 5.74) is 3.67. The van der Waals surface area contributed by atoms with Crippen molar-refractivity contribution in [3.05, 3.63) is 112 Å². The molecule has 1 atom stereocenters. The molecule has 31 heavy (non-hydrogen) atoms. The van der Waals surface area contributed by atoms with Crippen LogP contribution in [0.1, 0.15) is 34.5 Å². The molecule has 6 heteroatoms. The van der Waals surface area contributed by atoms with Gasteiger partial charge in [0, 0.05) is 33.0 Å². The van der Waals surface area contributed by atoms with Crippen molar-refractivity contribution in [1.29, 1.82) is 0 Å². The number of ether oxygens (including phenoxy) is 1. The number of hydrogen-bond acceptors (Lipinski definition) is 3. The zero-order chi connectivity index (χ0) is 21.8. The van der Waals surface area contributed by atoms with Crippen LogP contribution in [0, 0.1) is 0 Å². The van der Waals surface area contributed by atoms with E-state index in [1.54, 1.807) is 0 Å². The Bertz CT molecular complexity index is 1160. The van der Waals surface area contributed by atoms with Gasteiger partial charge in [-0.3, -0.25) is 4.79 Å². The molecule has 4 nitrogen and oxygen atoms in total. The minimum absolute atomic E-state index is 0.0634. The summed E-state index contributed by atoms with van der Waals surface area (Å²) in [6.45, 7) is 2.18. The number of allylic oxidation sites excluding steroid dienone is 1. The van der Waals surface area contributed by atoms with Crippen LogP contribution in [0.15, 0.2) is 90.1 Å². The molecule has 4 rings (SSSR count). The van der Waals surface area contributed by atoms with E-state index in [9.17, 15) is 4.79 Å². The first-order valence-corrected chi connectivity index (χ1v) is 10.7. The van der Waals surface area contributed by atoms with Gasteiger partial charge in [-0.2, -0.15) is 0 Å². The summed E-state index contributed by atoms with van der Waals surface area (Å²) in [5.74, 6) is 0.599. The van der Waals surface area contributed by atoms with Gasteiger partial charge < -0.3 is 15.4 Å². The van der Waals surface area contributed by atoms with E-state index in [-0.39, 0.29) is 5.78 Å². The van der Waals surface area contributed by atoms with Crippen molar-refractivity contribution in [2.75, 3.05) is 0 Å². The Kier molecular flexibility index (Phi) is 6.35. The molecule has 1 heterocycles. The Morgan fingerprint density at radius 2 is 1.68 bits per heavy atom. The zero-order valence-corrected chi connectivity index (χ0v) is 18.5. The lowest BCUT2D eigenvalue weighted by Gasteiger charge is -2.31. The lowest BCUT2D eigenvalue weighted by atomic mass is 9.89. The number of ketones is 1. The molecule has 3 aromatic rings. The van der Waals surface area contributed by atoms with Gasteiger partial charge in [0.15, 0.2) is 10.9 Å². The molecule has 0 bridgehead atoms. The van der Waals surface area contributed by atoms with Gasteiger partial charge in [-0.15, -0.1) is 0 Å². The van der Waals surface area contributed by atoms with Crippen molar-refractivity contribution < 1.29 is 9.53 Å². The number of Topliss-reactive ketones (excluding diaryl/α,β-unsaturated/α-hetero) is 1. The molecule has 0 radical (unpaired) electrons. The van der Waals surface area contributed by atoms with Crippen LogP contribution in [0.2, 0.25) is 5.02 Å². The predicted octanol–water partition coefficient (Wildman–Crippen LogP) is 5.59. The number of carbonyl (C=O) groups excluding carboxylic acids is 1. The van der Waals surface area contributed by atoms with Gasteiger partial charge in [0.1, 0.15) is 12.4 Å². The largest absolute Gasteiger partial charge is 0.488 e. The maximum Gasteiger partial charge on any atom is 0.193 e. The minimum Gasteiger partial charge on any atom is -0.488 e. The van der Waals surface area contributed by atoms with Gasteiger partial charge in [-0.1, -0.05) is 78.3 Å². The van der Waals surface area contributed by atoms with Crippen LogP contribution in [0.5, 0.6) is 5.75 Å². The second-order valence-electron chi connectivity index (χ2n) is 7.18. The molecule has 3 aromatic carbocycles. The normalized spacial score (nSPS) is 15.8. The highest BCUT2D eigenvalue weighted by Gasteiger charge is 2.32. The van der Waals surface area contributed by atoms with Crippen LogP contribution in [-0.2, 0) is 6.61 Å². The highest BCUT2D eigenvalue weighted by Crippen LogP contribution is 2.35. The second-order valence-corrected chi connectivity index (χ2v) is 8.00. The molecule has 0 aliphatic carbocycles. The molecule has 1 unspecified atom stereocenters. The first kappa shape index (κ1) is 21.1. The van der Waals surface area contributed by atoms with E-state index in [0.29, 0.717) is 33.6 Å². The standard InChI is InChI=1S/C25H21ClN2O2S/c1-16-22(24(29)17-9-3-2-4-10-17)23(28-25(31)27-16)19-12-6-8-14-21(19)30-15-18-11-5-7-13-20(18)26/h2-14,23H,15H2,1H3,(H2,27,28,31). The lowest BCUT2D eigenvalue weighted by molar-refractivity contribution is 0.102. The average Bonchev–Trinajstić information content (AvgIpc) is 2.78. The van der Waals surface area contributed by atoms with Crippen molar-refractivity contribution in [3.8, 4) is 5.75 Å². The number of thiocarbonyl (C=S) groups is 1. The van der Waals surface area contributed by atoms with E-state index in [0.717, 1.165) is 16.8 Å². The topological polar surface area (TPSA) is 50.4 Å². The SMILES string of the molecule is CC1=C(C(=O)c2ccccc2)C(c2ccccc2OCc2ccccc2Cl)NC(=S)N1. The van der Waals surface area contributed by atoms with Crippen molar-refractivity contribution in [2.24, 2.45) is 0 Å². The molecule has 2 N–H and O–H groups in total. The van der Waals surface area contributed by atoms with E-state index in [1.807, 2.05) is 85.8 Å². The van der Waals surface area contributed by atoms with Crippen molar-refractivity contribution >= 4 is 34.7 Å². The molecule has 0 amide bonds. The quantitative estimate of drug-likeness (QED) is 0.380. The number of carbonyl (C=O) groups is 1. The summed E-state index contributed by atoms with van der Waals surface area (Å²) in [5, 5.41) is 7.45. The van der Waals surface area contributed by atoms with Gasteiger partial charge in [-0.05, 0) is 31.3 Å². The van der Waals surface area contributed by atoms with Gasteiger partial charge in [-0.25, -0.2) is 0 Å². The van der Waals surface area contributed by atoms with Crippen LogP contribution < -0.4 is 15.4 Å². The second kappa shape index (κ2) is 9.33. The van der Waals surface area contributed by atoms with E-state index >= 15 is 0 Å². The van der Waals surface area contributed by atoms with Crippen molar-refractivity contribution in [1.82, 2.24) is 10.6 Å². The highest BCUT2D eigenvalue weighted by atomic mass is 35.5. The summed E-state index contributed by atoms with van der Waals surface area (Å²) < 4.78 is 6.14. The first-order chi connectivity index (χ1) is 15.0. The Morgan fingerprint density at radius 1 is 1.00 bits per heavy atom. The van der Waals surface area contributed by atoms with E-state index in [2.05, 4.69) is 10.6 Å². The molecule has 1 aliphatic heterocycles. The molecule has 156 valence electrons.